The Morgan fingerprint density at radius 2 is 2.23 bits per heavy atom. The molecule has 0 saturated carbocycles. The van der Waals surface area contributed by atoms with Crippen molar-refractivity contribution >= 4 is 38.6 Å². The van der Waals surface area contributed by atoms with Gasteiger partial charge in [-0.05, 0) is 28.1 Å². The fourth-order valence-corrected chi connectivity index (χ4v) is 1.59. The van der Waals surface area contributed by atoms with Crippen molar-refractivity contribution in [3.05, 3.63) is 38.2 Å². The minimum Gasteiger partial charge on any atom is -0.318 e. The number of halogens is 2. The zero-order valence-corrected chi connectivity index (χ0v) is 8.69. The maximum Gasteiger partial charge on any atom is 0.266 e. The number of H-pyrrole nitrogens is 1. The summed E-state index contributed by atoms with van der Waals surface area (Å²) in [5, 5.41) is 0.475. The van der Waals surface area contributed by atoms with Crippen LogP contribution in [0.5, 0.6) is 0 Å². The summed E-state index contributed by atoms with van der Waals surface area (Å²) >= 11 is 9.20. The molecule has 0 aliphatic carbocycles. The van der Waals surface area contributed by atoms with E-state index >= 15 is 0 Å². The van der Waals surface area contributed by atoms with Crippen molar-refractivity contribution < 1.29 is 0 Å². The molecule has 1 aromatic heterocycles. The van der Waals surface area contributed by atoms with Crippen molar-refractivity contribution in [2.24, 2.45) is 0 Å². The van der Waals surface area contributed by atoms with E-state index in [9.17, 15) is 4.79 Å². The van der Waals surface area contributed by atoms with Gasteiger partial charge in [0.1, 0.15) is 0 Å². The van der Waals surface area contributed by atoms with Crippen LogP contribution in [-0.4, -0.2) is 9.97 Å². The molecule has 0 saturated heterocycles. The summed E-state index contributed by atoms with van der Waals surface area (Å²) in [6.07, 6.45) is 1.23. The SMILES string of the molecule is O=c1cnc2ccc(Br)c(Cl)c2[nH]1. The maximum absolute atomic E-state index is 11.0. The molecule has 66 valence electrons. The number of nitrogens with zero attached hydrogens (tertiary/aromatic N) is 1. The highest BCUT2D eigenvalue weighted by Gasteiger charge is 2.04. The number of fused-ring (bicyclic) bond motifs is 1. The molecule has 1 N–H and O–H groups in total. The third-order valence-electron chi connectivity index (χ3n) is 1.64. The highest BCUT2D eigenvalue weighted by molar-refractivity contribution is 9.10. The van der Waals surface area contributed by atoms with E-state index in [1.54, 1.807) is 12.1 Å². The fraction of sp³-hybridized carbons (Fsp3) is 0. The predicted molar refractivity (Wildman–Crippen MR) is 55.1 cm³/mol. The molecule has 2 aromatic rings. The molecule has 0 atom stereocenters. The monoisotopic (exact) mass is 258 g/mol. The molecule has 13 heavy (non-hydrogen) atoms. The lowest BCUT2D eigenvalue weighted by atomic mass is 10.3. The van der Waals surface area contributed by atoms with Crippen molar-refractivity contribution in [1.82, 2.24) is 9.97 Å². The number of aromatic amines is 1. The molecular weight excluding hydrogens is 255 g/mol. The Balaban J connectivity index is 2.97. The fourth-order valence-electron chi connectivity index (χ4n) is 1.05. The van der Waals surface area contributed by atoms with Gasteiger partial charge in [-0.15, -0.1) is 0 Å². The predicted octanol–water partition coefficient (Wildman–Crippen LogP) is 2.34. The molecule has 1 aromatic carbocycles. The molecule has 0 aliphatic rings. The first-order chi connectivity index (χ1) is 6.18. The normalized spacial score (nSPS) is 10.6. The second kappa shape index (κ2) is 3.12. The smallest absolute Gasteiger partial charge is 0.266 e. The lowest BCUT2D eigenvalue weighted by Crippen LogP contribution is -2.05. The molecule has 0 bridgehead atoms. The van der Waals surface area contributed by atoms with E-state index in [-0.39, 0.29) is 5.56 Å². The first-order valence-corrected chi connectivity index (χ1v) is 4.68. The molecule has 0 amide bonds. The Hall–Kier alpha value is -0.870. The summed E-state index contributed by atoms with van der Waals surface area (Å²) in [6, 6.07) is 3.57. The van der Waals surface area contributed by atoms with Crippen LogP contribution in [0.1, 0.15) is 0 Å². The minimum atomic E-state index is -0.257. The van der Waals surface area contributed by atoms with Crippen molar-refractivity contribution in [3.8, 4) is 0 Å². The van der Waals surface area contributed by atoms with Crippen LogP contribution in [0.3, 0.4) is 0 Å². The summed E-state index contributed by atoms with van der Waals surface area (Å²) in [7, 11) is 0. The molecule has 0 unspecified atom stereocenters. The molecule has 2 rings (SSSR count). The van der Waals surface area contributed by atoms with Gasteiger partial charge in [0.25, 0.3) is 5.56 Å². The lowest BCUT2D eigenvalue weighted by Gasteiger charge is -2.00. The number of nitrogens with one attached hydrogen (secondary N) is 1. The molecule has 1 heterocycles. The Morgan fingerprint density at radius 1 is 1.46 bits per heavy atom. The second-order valence-corrected chi connectivity index (χ2v) is 3.74. The summed E-state index contributed by atoms with van der Waals surface area (Å²) < 4.78 is 0.741. The first-order valence-electron chi connectivity index (χ1n) is 3.51. The van der Waals surface area contributed by atoms with E-state index in [2.05, 4.69) is 25.9 Å². The van der Waals surface area contributed by atoms with E-state index < -0.39 is 0 Å². The third kappa shape index (κ3) is 1.47. The molecule has 0 radical (unpaired) electrons. The van der Waals surface area contributed by atoms with Crippen LogP contribution in [0.25, 0.3) is 11.0 Å². The van der Waals surface area contributed by atoms with Crippen molar-refractivity contribution in [2.45, 2.75) is 0 Å². The molecule has 3 nitrogen and oxygen atoms in total. The van der Waals surface area contributed by atoms with Gasteiger partial charge in [-0.25, -0.2) is 4.98 Å². The van der Waals surface area contributed by atoms with E-state index in [0.29, 0.717) is 16.1 Å². The Bertz CT molecular complexity index is 523. The van der Waals surface area contributed by atoms with E-state index in [1.165, 1.54) is 6.20 Å². The highest BCUT2D eigenvalue weighted by atomic mass is 79.9. The van der Waals surface area contributed by atoms with Crippen LogP contribution < -0.4 is 5.56 Å². The average molecular weight is 259 g/mol. The minimum absolute atomic E-state index is 0.257. The van der Waals surface area contributed by atoms with Crippen LogP contribution in [0, 0.1) is 0 Å². The molecule has 0 fully saturated rings. The number of hydrogen-bond donors (Lipinski definition) is 1. The second-order valence-electron chi connectivity index (χ2n) is 2.50. The lowest BCUT2D eigenvalue weighted by molar-refractivity contribution is 1.22. The van der Waals surface area contributed by atoms with Gasteiger partial charge in [0.15, 0.2) is 0 Å². The summed E-state index contributed by atoms with van der Waals surface area (Å²) in [5.74, 6) is 0. The average Bonchev–Trinajstić information content (AvgIpc) is 2.12. The molecular formula is C8H4BrClN2O. The van der Waals surface area contributed by atoms with Gasteiger partial charge in [-0.2, -0.15) is 0 Å². The van der Waals surface area contributed by atoms with Gasteiger partial charge in [-0.1, -0.05) is 11.6 Å². The zero-order valence-electron chi connectivity index (χ0n) is 6.34. The summed E-state index contributed by atoms with van der Waals surface area (Å²) in [4.78, 5) is 17.5. The molecule has 0 spiro atoms. The van der Waals surface area contributed by atoms with Crippen molar-refractivity contribution in [2.75, 3.05) is 0 Å². The first kappa shape index (κ1) is 8.72. The third-order valence-corrected chi connectivity index (χ3v) is 2.92. The Morgan fingerprint density at radius 3 is 3.00 bits per heavy atom. The maximum atomic E-state index is 11.0. The quantitative estimate of drug-likeness (QED) is 0.789. The Kier molecular flexibility index (Phi) is 2.09. The van der Waals surface area contributed by atoms with Gasteiger partial charge in [0, 0.05) is 4.47 Å². The molecule has 0 aliphatic heterocycles. The zero-order chi connectivity index (χ0) is 9.42. The van der Waals surface area contributed by atoms with Crippen LogP contribution in [0.4, 0.5) is 0 Å². The number of rotatable bonds is 0. The van der Waals surface area contributed by atoms with Crippen LogP contribution in [0.2, 0.25) is 5.02 Å². The molecule has 5 heteroatoms. The van der Waals surface area contributed by atoms with Crippen LogP contribution in [-0.2, 0) is 0 Å². The number of hydrogen-bond acceptors (Lipinski definition) is 2. The van der Waals surface area contributed by atoms with Gasteiger partial charge >= 0.3 is 0 Å². The Labute approximate surface area is 86.9 Å². The summed E-state index contributed by atoms with van der Waals surface area (Å²) in [6.45, 7) is 0. The largest absolute Gasteiger partial charge is 0.318 e. The number of benzene rings is 1. The summed E-state index contributed by atoms with van der Waals surface area (Å²) in [5.41, 5.74) is 0.976. The van der Waals surface area contributed by atoms with Crippen molar-refractivity contribution in [1.29, 1.82) is 0 Å². The standard InChI is InChI=1S/C8H4BrClN2O/c9-4-1-2-5-8(7(4)10)12-6(13)3-11-5/h1-3H,(H,12,13). The van der Waals surface area contributed by atoms with Gasteiger partial charge in [0.2, 0.25) is 0 Å². The van der Waals surface area contributed by atoms with Gasteiger partial charge in [-0.3, -0.25) is 4.79 Å². The van der Waals surface area contributed by atoms with Gasteiger partial charge in [0.05, 0.1) is 22.3 Å². The van der Waals surface area contributed by atoms with E-state index in [4.69, 9.17) is 11.6 Å². The van der Waals surface area contributed by atoms with Gasteiger partial charge < -0.3 is 4.98 Å². The van der Waals surface area contributed by atoms with Crippen LogP contribution in [0.15, 0.2) is 27.6 Å². The highest BCUT2D eigenvalue weighted by Crippen LogP contribution is 2.27. The van der Waals surface area contributed by atoms with E-state index in [0.717, 1.165) is 4.47 Å². The topological polar surface area (TPSA) is 45.8 Å². The number of aromatic nitrogens is 2. The van der Waals surface area contributed by atoms with Crippen LogP contribution >= 0.6 is 27.5 Å². The van der Waals surface area contributed by atoms with E-state index in [1.807, 2.05) is 0 Å². The van der Waals surface area contributed by atoms with Crippen molar-refractivity contribution in [3.63, 3.8) is 0 Å².